The van der Waals surface area contributed by atoms with Crippen molar-refractivity contribution in [1.82, 2.24) is 4.90 Å². The predicted molar refractivity (Wildman–Crippen MR) is 36.8 cm³/mol. The second-order valence-electron chi connectivity index (χ2n) is 2.07. The van der Waals surface area contributed by atoms with Gasteiger partial charge in [-0.15, -0.1) is 0 Å². The number of hydrogen-bond donors (Lipinski definition) is 1. The molecule has 0 saturated heterocycles. The summed E-state index contributed by atoms with van der Waals surface area (Å²) in [5, 5.41) is 8.40. The van der Waals surface area contributed by atoms with Crippen molar-refractivity contribution in [3.8, 4) is 6.07 Å². The van der Waals surface area contributed by atoms with Crippen LogP contribution in [0.5, 0.6) is 0 Å². The zero-order chi connectivity index (χ0) is 7.28. The first-order valence-electron chi connectivity index (χ1n) is 3.02. The molecule has 0 aliphatic heterocycles. The van der Waals surface area contributed by atoms with Gasteiger partial charge in [0.1, 0.15) is 0 Å². The Bertz CT molecular complexity index is 105. The molecule has 9 heavy (non-hydrogen) atoms. The number of nitrogens with two attached hydrogens (primary N) is 1. The molecule has 0 aliphatic carbocycles. The first-order valence-corrected chi connectivity index (χ1v) is 3.02. The SMILES string of the molecule is CC(C#N)N(C)CCN. The molecule has 0 spiro atoms. The van der Waals surface area contributed by atoms with Gasteiger partial charge in [0.15, 0.2) is 0 Å². The molecule has 52 valence electrons. The fourth-order valence-electron chi connectivity index (χ4n) is 0.496. The molecule has 0 amide bonds. The van der Waals surface area contributed by atoms with Crippen molar-refractivity contribution in [3.05, 3.63) is 0 Å². The lowest BCUT2D eigenvalue weighted by Gasteiger charge is -2.16. The molecule has 0 saturated carbocycles. The number of hydrogen-bond acceptors (Lipinski definition) is 3. The zero-order valence-electron chi connectivity index (χ0n) is 5.96. The highest BCUT2D eigenvalue weighted by Crippen LogP contribution is 1.89. The van der Waals surface area contributed by atoms with Crippen LogP contribution >= 0.6 is 0 Å². The summed E-state index contributed by atoms with van der Waals surface area (Å²) in [7, 11) is 1.89. The highest BCUT2D eigenvalue weighted by molar-refractivity contribution is 4.86. The molecule has 3 nitrogen and oxygen atoms in total. The van der Waals surface area contributed by atoms with Crippen LogP contribution in [-0.2, 0) is 0 Å². The van der Waals surface area contributed by atoms with Crippen molar-refractivity contribution in [1.29, 1.82) is 5.26 Å². The van der Waals surface area contributed by atoms with Crippen LogP contribution in [-0.4, -0.2) is 31.1 Å². The first-order chi connectivity index (χ1) is 4.22. The minimum absolute atomic E-state index is 0.0199. The summed E-state index contributed by atoms with van der Waals surface area (Å²) in [6, 6.07) is 2.10. The van der Waals surface area contributed by atoms with E-state index in [9.17, 15) is 0 Å². The fourth-order valence-corrected chi connectivity index (χ4v) is 0.496. The molecule has 0 fully saturated rings. The molecule has 0 heterocycles. The van der Waals surface area contributed by atoms with Gasteiger partial charge >= 0.3 is 0 Å². The summed E-state index contributed by atoms with van der Waals surface area (Å²) < 4.78 is 0. The number of likely N-dealkylation sites (N-methyl/N-ethyl adjacent to an activating group) is 1. The van der Waals surface area contributed by atoms with Gasteiger partial charge in [-0.25, -0.2) is 0 Å². The maximum Gasteiger partial charge on any atom is 0.0947 e. The molecule has 0 aromatic heterocycles. The number of rotatable bonds is 3. The summed E-state index contributed by atoms with van der Waals surface area (Å²) in [5.74, 6) is 0. The van der Waals surface area contributed by atoms with Crippen LogP contribution in [0, 0.1) is 11.3 Å². The van der Waals surface area contributed by atoms with Gasteiger partial charge in [0, 0.05) is 13.1 Å². The standard InChI is InChI=1S/C6H13N3/c1-6(5-8)9(2)4-3-7/h6H,3-4,7H2,1-2H3. The van der Waals surface area contributed by atoms with Gasteiger partial charge in [-0.1, -0.05) is 0 Å². The molecular formula is C6H13N3. The molecule has 0 aromatic carbocycles. The second kappa shape index (κ2) is 4.30. The second-order valence-corrected chi connectivity index (χ2v) is 2.07. The van der Waals surface area contributed by atoms with Crippen LogP contribution in [0.25, 0.3) is 0 Å². The van der Waals surface area contributed by atoms with Gasteiger partial charge in [-0.2, -0.15) is 5.26 Å². The highest BCUT2D eigenvalue weighted by atomic mass is 15.1. The van der Waals surface area contributed by atoms with E-state index in [1.165, 1.54) is 0 Å². The Labute approximate surface area is 56.1 Å². The van der Waals surface area contributed by atoms with Crippen molar-refractivity contribution in [2.45, 2.75) is 13.0 Å². The van der Waals surface area contributed by atoms with E-state index in [1.54, 1.807) is 0 Å². The van der Waals surface area contributed by atoms with E-state index >= 15 is 0 Å². The third-order valence-corrected chi connectivity index (χ3v) is 1.33. The van der Waals surface area contributed by atoms with Gasteiger partial charge in [-0.3, -0.25) is 4.90 Å². The van der Waals surface area contributed by atoms with Gasteiger partial charge < -0.3 is 5.73 Å². The van der Waals surface area contributed by atoms with Crippen LogP contribution in [0.2, 0.25) is 0 Å². The highest BCUT2D eigenvalue weighted by Gasteiger charge is 2.03. The average Bonchev–Trinajstić information content (AvgIpc) is 1.87. The lowest BCUT2D eigenvalue weighted by atomic mass is 10.3. The molecule has 1 atom stereocenters. The molecule has 1 unspecified atom stereocenters. The summed E-state index contributed by atoms with van der Waals surface area (Å²) in [6.07, 6.45) is 0. The van der Waals surface area contributed by atoms with Crippen LogP contribution in [0.3, 0.4) is 0 Å². The van der Waals surface area contributed by atoms with Crippen LogP contribution in [0.1, 0.15) is 6.92 Å². The molecule has 0 bridgehead atoms. The maximum absolute atomic E-state index is 8.40. The normalized spacial score (nSPS) is 13.2. The largest absolute Gasteiger partial charge is 0.329 e. The lowest BCUT2D eigenvalue weighted by Crippen LogP contribution is -2.32. The van der Waals surface area contributed by atoms with E-state index in [-0.39, 0.29) is 6.04 Å². The van der Waals surface area contributed by atoms with Crippen LogP contribution < -0.4 is 5.73 Å². The molecule has 0 rings (SSSR count). The topological polar surface area (TPSA) is 53.0 Å². The Hall–Kier alpha value is -0.590. The van der Waals surface area contributed by atoms with E-state index in [2.05, 4.69) is 6.07 Å². The summed E-state index contributed by atoms with van der Waals surface area (Å²) in [5.41, 5.74) is 5.27. The number of nitrogens with zero attached hydrogens (tertiary/aromatic N) is 2. The Morgan fingerprint density at radius 2 is 2.33 bits per heavy atom. The van der Waals surface area contributed by atoms with E-state index in [1.807, 2.05) is 18.9 Å². The fraction of sp³-hybridized carbons (Fsp3) is 0.833. The molecule has 3 heteroatoms. The van der Waals surface area contributed by atoms with Crippen LogP contribution in [0.4, 0.5) is 0 Å². The monoisotopic (exact) mass is 127 g/mol. The minimum Gasteiger partial charge on any atom is -0.329 e. The van der Waals surface area contributed by atoms with Crippen LogP contribution in [0.15, 0.2) is 0 Å². The molecular weight excluding hydrogens is 114 g/mol. The van der Waals surface area contributed by atoms with Crippen molar-refractivity contribution in [2.24, 2.45) is 5.73 Å². The smallest absolute Gasteiger partial charge is 0.0947 e. The quantitative estimate of drug-likeness (QED) is 0.570. The Balaban J connectivity index is 3.48. The van der Waals surface area contributed by atoms with Crippen molar-refractivity contribution in [2.75, 3.05) is 20.1 Å². The maximum atomic E-state index is 8.40. The Morgan fingerprint density at radius 1 is 1.78 bits per heavy atom. The summed E-state index contributed by atoms with van der Waals surface area (Å²) >= 11 is 0. The van der Waals surface area contributed by atoms with E-state index in [0.717, 1.165) is 6.54 Å². The van der Waals surface area contributed by atoms with E-state index in [0.29, 0.717) is 6.54 Å². The Kier molecular flexibility index (Phi) is 4.02. The van der Waals surface area contributed by atoms with Crippen molar-refractivity contribution >= 4 is 0 Å². The summed E-state index contributed by atoms with van der Waals surface area (Å²) in [4.78, 5) is 1.92. The minimum atomic E-state index is -0.0199. The molecule has 2 N–H and O–H groups in total. The van der Waals surface area contributed by atoms with Gasteiger partial charge in [0.05, 0.1) is 12.1 Å². The number of nitriles is 1. The van der Waals surface area contributed by atoms with E-state index in [4.69, 9.17) is 11.0 Å². The van der Waals surface area contributed by atoms with Crippen molar-refractivity contribution in [3.63, 3.8) is 0 Å². The molecule has 0 radical (unpaired) electrons. The third kappa shape index (κ3) is 3.07. The molecule has 0 aromatic rings. The lowest BCUT2D eigenvalue weighted by molar-refractivity contribution is 0.311. The van der Waals surface area contributed by atoms with Gasteiger partial charge in [-0.05, 0) is 14.0 Å². The Morgan fingerprint density at radius 3 is 2.67 bits per heavy atom. The average molecular weight is 127 g/mol. The summed E-state index contributed by atoms with van der Waals surface area (Å²) in [6.45, 7) is 3.26. The molecule has 0 aliphatic rings. The zero-order valence-corrected chi connectivity index (χ0v) is 5.96. The van der Waals surface area contributed by atoms with Crippen molar-refractivity contribution < 1.29 is 0 Å². The van der Waals surface area contributed by atoms with E-state index < -0.39 is 0 Å². The van der Waals surface area contributed by atoms with Gasteiger partial charge in [0.25, 0.3) is 0 Å². The van der Waals surface area contributed by atoms with Gasteiger partial charge in [0.2, 0.25) is 0 Å². The first kappa shape index (κ1) is 8.41. The predicted octanol–water partition coefficient (Wildman–Crippen LogP) is -0.211. The third-order valence-electron chi connectivity index (χ3n) is 1.33.